The molecule has 0 atom stereocenters. The average molecular weight is 355 g/mol. The summed E-state index contributed by atoms with van der Waals surface area (Å²) in [5.74, 6) is -0.307. The van der Waals surface area contributed by atoms with Crippen LogP contribution in [0.25, 0.3) is 10.9 Å². The summed E-state index contributed by atoms with van der Waals surface area (Å²) in [5.41, 5.74) is 1.13. The van der Waals surface area contributed by atoms with Crippen LogP contribution in [0.1, 0.15) is 39.0 Å². The van der Waals surface area contributed by atoms with Gasteiger partial charge in [-0.1, -0.05) is 23.8 Å². The van der Waals surface area contributed by atoms with Crippen molar-refractivity contribution >= 4 is 16.8 Å². The minimum absolute atomic E-state index is 0.248. The number of hydrogen-bond acceptors (Lipinski definition) is 3. The summed E-state index contributed by atoms with van der Waals surface area (Å²) in [6, 6.07) is 7.00. The Morgan fingerprint density at radius 1 is 1.15 bits per heavy atom. The van der Waals surface area contributed by atoms with Crippen LogP contribution in [0.4, 0.5) is 0 Å². The second kappa shape index (κ2) is 8.17. The van der Waals surface area contributed by atoms with E-state index in [1.54, 1.807) is 24.3 Å². The predicted molar refractivity (Wildman–Crippen MR) is 102 cm³/mol. The van der Waals surface area contributed by atoms with E-state index in [1.807, 2.05) is 6.92 Å². The summed E-state index contributed by atoms with van der Waals surface area (Å²) in [4.78, 5) is 37.5. The molecule has 0 unspecified atom stereocenters. The molecule has 1 aliphatic carbocycles. The van der Waals surface area contributed by atoms with E-state index in [0.717, 1.165) is 23.8 Å². The molecule has 1 heterocycles. The first-order valence-corrected chi connectivity index (χ1v) is 9.28. The van der Waals surface area contributed by atoms with E-state index in [9.17, 15) is 14.4 Å². The first-order valence-electron chi connectivity index (χ1n) is 9.28. The molecule has 1 aliphatic rings. The molecule has 0 aliphatic heterocycles. The van der Waals surface area contributed by atoms with Gasteiger partial charge in [-0.3, -0.25) is 18.7 Å². The molecule has 0 saturated heterocycles. The number of amides is 1. The smallest absolute Gasteiger partial charge is 0.331 e. The number of allylic oxidation sites excluding steroid dienone is 1. The minimum Gasteiger partial charge on any atom is -0.354 e. The quantitative estimate of drug-likeness (QED) is 0.807. The average Bonchev–Trinajstić information content (AvgIpc) is 2.66. The number of carbonyl (C=O) groups is 1. The normalized spacial score (nSPS) is 14.3. The minimum atomic E-state index is -0.443. The van der Waals surface area contributed by atoms with Gasteiger partial charge in [-0.15, -0.1) is 0 Å². The molecule has 6 nitrogen and oxygen atoms in total. The highest BCUT2D eigenvalue weighted by molar-refractivity contribution is 5.79. The highest BCUT2D eigenvalue weighted by Crippen LogP contribution is 2.19. The summed E-state index contributed by atoms with van der Waals surface area (Å²) in [6.45, 7) is 2.58. The highest BCUT2D eigenvalue weighted by Gasteiger charge is 2.14. The van der Waals surface area contributed by atoms with Crippen LogP contribution in [-0.2, 0) is 17.9 Å². The number of aryl methyl sites for hydroxylation is 1. The zero-order valence-electron chi connectivity index (χ0n) is 15.2. The van der Waals surface area contributed by atoms with E-state index >= 15 is 0 Å². The maximum atomic E-state index is 12.6. The number of nitrogens with one attached hydrogen (secondary N) is 1. The molecule has 1 amide bonds. The SMILES string of the molecule is CCn1c(=O)n(CC(=O)NCCC2=CCCCC2)c(=O)c2ccccc21. The summed E-state index contributed by atoms with van der Waals surface area (Å²) < 4.78 is 2.55. The largest absolute Gasteiger partial charge is 0.354 e. The number of rotatable bonds is 6. The zero-order valence-corrected chi connectivity index (χ0v) is 15.2. The lowest BCUT2D eigenvalue weighted by Gasteiger charge is -2.14. The summed E-state index contributed by atoms with van der Waals surface area (Å²) >= 11 is 0. The molecule has 138 valence electrons. The number of fused-ring (bicyclic) bond motifs is 1. The summed E-state index contributed by atoms with van der Waals surface area (Å²) in [7, 11) is 0. The first kappa shape index (κ1) is 18.2. The number of nitrogens with zero attached hydrogens (tertiary/aromatic N) is 2. The third kappa shape index (κ3) is 3.79. The lowest BCUT2D eigenvalue weighted by atomic mass is 9.97. The fraction of sp³-hybridized carbons (Fsp3) is 0.450. The van der Waals surface area contributed by atoms with Crippen LogP contribution in [-0.4, -0.2) is 21.6 Å². The Morgan fingerprint density at radius 3 is 2.69 bits per heavy atom. The van der Waals surface area contributed by atoms with Crippen molar-refractivity contribution in [3.05, 3.63) is 56.8 Å². The lowest BCUT2D eigenvalue weighted by Crippen LogP contribution is -2.43. The van der Waals surface area contributed by atoms with Gasteiger partial charge in [0.1, 0.15) is 6.54 Å². The van der Waals surface area contributed by atoms with E-state index in [4.69, 9.17) is 0 Å². The molecule has 2 aromatic rings. The molecule has 0 bridgehead atoms. The van der Waals surface area contributed by atoms with Gasteiger partial charge in [0, 0.05) is 13.1 Å². The van der Waals surface area contributed by atoms with Crippen LogP contribution in [0, 0.1) is 0 Å². The third-order valence-corrected chi connectivity index (χ3v) is 4.90. The summed E-state index contributed by atoms with van der Waals surface area (Å²) in [6.07, 6.45) is 7.75. The van der Waals surface area contributed by atoms with Gasteiger partial charge in [0.15, 0.2) is 0 Å². The molecule has 1 aromatic carbocycles. The Hall–Kier alpha value is -2.63. The maximum Gasteiger partial charge on any atom is 0.331 e. The topological polar surface area (TPSA) is 73.1 Å². The number of hydrogen-bond donors (Lipinski definition) is 1. The number of carbonyl (C=O) groups excluding carboxylic acids is 1. The van der Waals surface area contributed by atoms with E-state index in [2.05, 4.69) is 11.4 Å². The lowest BCUT2D eigenvalue weighted by molar-refractivity contribution is -0.121. The van der Waals surface area contributed by atoms with E-state index < -0.39 is 11.2 Å². The number of aromatic nitrogens is 2. The molecule has 0 saturated carbocycles. The van der Waals surface area contributed by atoms with Gasteiger partial charge < -0.3 is 5.32 Å². The van der Waals surface area contributed by atoms with E-state index in [-0.39, 0.29) is 12.5 Å². The van der Waals surface area contributed by atoms with E-state index in [1.165, 1.54) is 23.0 Å². The molecule has 0 spiro atoms. The van der Waals surface area contributed by atoms with Crippen molar-refractivity contribution < 1.29 is 4.79 Å². The van der Waals surface area contributed by atoms with Gasteiger partial charge in [0.2, 0.25) is 5.91 Å². The van der Waals surface area contributed by atoms with Crippen molar-refractivity contribution in [2.24, 2.45) is 0 Å². The predicted octanol–water partition coefficient (Wildman–Crippen LogP) is 2.19. The maximum absolute atomic E-state index is 12.6. The van der Waals surface area contributed by atoms with Crippen LogP contribution in [0.2, 0.25) is 0 Å². The monoisotopic (exact) mass is 355 g/mol. The molecule has 1 aromatic heterocycles. The Morgan fingerprint density at radius 2 is 1.96 bits per heavy atom. The molecular formula is C20H25N3O3. The van der Waals surface area contributed by atoms with Crippen LogP contribution in [0.3, 0.4) is 0 Å². The molecule has 6 heteroatoms. The molecule has 0 fully saturated rings. The zero-order chi connectivity index (χ0) is 18.5. The van der Waals surface area contributed by atoms with Gasteiger partial charge in [-0.25, -0.2) is 4.79 Å². The molecule has 26 heavy (non-hydrogen) atoms. The Bertz CT molecular complexity index is 953. The fourth-order valence-electron chi connectivity index (χ4n) is 3.51. The number of para-hydroxylation sites is 1. The Kier molecular flexibility index (Phi) is 5.71. The van der Waals surface area contributed by atoms with Gasteiger partial charge in [-0.2, -0.15) is 0 Å². The Balaban J connectivity index is 1.75. The van der Waals surface area contributed by atoms with Crippen LogP contribution in [0.15, 0.2) is 45.5 Å². The Labute approximate surface area is 152 Å². The highest BCUT2D eigenvalue weighted by atomic mass is 16.2. The van der Waals surface area contributed by atoms with Gasteiger partial charge in [0.05, 0.1) is 10.9 Å². The molecular weight excluding hydrogens is 330 g/mol. The van der Waals surface area contributed by atoms with Gasteiger partial charge in [0.25, 0.3) is 5.56 Å². The second-order valence-corrected chi connectivity index (χ2v) is 6.64. The van der Waals surface area contributed by atoms with Crippen molar-refractivity contribution in [3.63, 3.8) is 0 Å². The van der Waals surface area contributed by atoms with Crippen molar-refractivity contribution in [1.29, 1.82) is 0 Å². The molecule has 1 N–H and O–H groups in total. The van der Waals surface area contributed by atoms with Crippen molar-refractivity contribution in [1.82, 2.24) is 14.5 Å². The molecule has 0 radical (unpaired) electrons. The van der Waals surface area contributed by atoms with Crippen LogP contribution >= 0.6 is 0 Å². The second-order valence-electron chi connectivity index (χ2n) is 6.64. The number of benzene rings is 1. The van der Waals surface area contributed by atoms with Crippen molar-refractivity contribution in [3.8, 4) is 0 Å². The standard InChI is InChI=1S/C20H25N3O3/c1-2-22-17-11-7-6-10-16(17)19(25)23(20(22)26)14-18(24)21-13-12-15-8-4-3-5-9-15/h6-8,10-11H,2-5,9,12-14H2,1H3,(H,21,24). The van der Waals surface area contributed by atoms with Gasteiger partial charge in [-0.05, 0) is 51.2 Å². The van der Waals surface area contributed by atoms with Crippen LogP contribution < -0.4 is 16.6 Å². The summed E-state index contributed by atoms with van der Waals surface area (Å²) in [5, 5.41) is 3.28. The third-order valence-electron chi connectivity index (χ3n) is 4.90. The van der Waals surface area contributed by atoms with Gasteiger partial charge >= 0.3 is 5.69 Å². The molecule has 3 rings (SSSR count). The fourth-order valence-corrected chi connectivity index (χ4v) is 3.51. The first-order chi connectivity index (χ1) is 12.6. The van der Waals surface area contributed by atoms with E-state index in [0.29, 0.717) is 24.0 Å². The van der Waals surface area contributed by atoms with Crippen LogP contribution in [0.5, 0.6) is 0 Å². The van der Waals surface area contributed by atoms with Crippen molar-refractivity contribution in [2.45, 2.75) is 52.1 Å². The van der Waals surface area contributed by atoms with Crippen molar-refractivity contribution in [2.75, 3.05) is 6.54 Å².